The van der Waals surface area contributed by atoms with Crippen molar-refractivity contribution in [2.24, 2.45) is 5.41 Å². The molecule has 1 aliphatic rings. The molecule has 19 heavy (non-hydrogen) atoms. The first-order valence-electron chi connectivity index (χ1n) is 6.52. The van der Waals surface area contributed by atoms with Crippen molar-refractivity contribution in [3.63, 3.8) is 0 Å². The third-order valence-electron chi connectivity index (χ3n) is 3.83. The van der Waals surface area contributed by atoms with E-state index < -0.39 is 11.2 Å². The average molecular weight is 263 g/mol. The SMILES string of the molecule is CCC(C)(C)C(=O)c1cc2c(cc1F)NC(=O)CC2. The van der Waals surface area contributed by atoms with Crippen molar-refractivity contribution in [3.05, 3.63) is 29.1 Å². The van der Waals surface area contributed by atoms with Gasteiger partial charge in [-0.05, 0) is 30.5 Å². The van der Waals surface area contributed by atoms with Gasteiger partial charge in [0, 0.05) is 17.5 Å². The molecule has 1 N–H and O–H groups in total. The molecule has 1 aliphatic heterocycles. The van der Waals surface area contributed by atoms with E-state index in [4.69, 9.17) is 0 Å². The van der Waals surface area contributed by atoms with Gasteiger partial charge in [0.1, 0.15) is 5.82 Å². The second kappa shape index (κ2) is 4.76. The quantitative estimate of drug-likeness (QED) is 0.850. The van der Waals surface area contributed by atoms with Crippen LogP contribution in [0.1, 0.15) is 49.5 Å². The standard InChI is InChI=1S/C15H18FNO2/c1-4-15(2,3)14(19)10-7-9-5-6-13(18)17-12(9)8-11(10)16/h7-8H,4-6H2,1-3H3,(H,17,18). The summed E-state index contributed by atoms with van der Waals surface area (Å²) in [7, 11) is 0. The lowest BCUT2D eigenvalue weighted by Gasteiger charge is -2.23. The maximum absolute atomic E-state index is 14.0. The fraction of sp³-hybridized carbons (Fsp3) is 0.467. The Balaban J connectivity index is 2.44. The number of hydrogen-bond acceptors (Lipinski definition) is 2. The minimum absolute atomic E-state index is 0.111. The van der Waals surface area contributed by atoms with Crippen molar-refractivity contribution in [1.82, 2.24) is 0 Å². The zero-order valence-corrected chi connectivity index (χ0v) is 11.5. The Hall–Kier alpha value is -1.71. The fourth-order valence-electron chi connectivity index (χ4n) is 2.10. The zero-order valence-electron chi connectivity index (χ0n) is 11.5. The topological polar surface area (TPSA) is 46.2 Å². The fourth-order valence-corrected chi connectivity index (χ4v) is 2.10. The number of amides is 1. The molecule has 3 nitrogen and oxygen atoms in total. The van der Waals surface area contributed by atoms with Gasteiger partial charge < -0.3 is 5.32 Å². The normalized spacial score (nSPS) is 14.8. The first-order valence-corrected chi connectivity index (χ1v) is 6.52. The van der Waals surface area contributed by atoms with Crippen LogP contribution in [0.25, 0.3) is 0 Å². The average Bonchev–Trinajstić information content (AvgIpc) is 2.37. The number of carbonyl (C=O) groups is 2. The number of nitrogens with one attached hydrogen (secondary N) is 1. The van der Waals surface area contributed by atoms with Crippen molar-refractivity contribution in [1.29, 1.82) is 0 Å². The monoisotopic (exact) mass is 263 g/mol. The molecule has 1 aromatic rings. The summed E-state index contributed by atoms with van der Waals surface area (Å²) < 4.78 is 14.0. The summed E-state index contributed by atoms with van der Waals surface area (Å²) in [4.78, 5) is 23.6. The summed E-state index contributed by atoms with van der Waals surface area (Å²) in [6.07, 6.45) is 1.58. The first kappa shape index (κ1) is 13.7. The summed E-state index contributed by atoms with van der Waals surface area (Å²) >= 11 is 0. The van der Waals surface area contributed by atoms with Crippen LogP contribution in [-0.4, -0.2) is 11.7 Å². The van der Waals surface area contributed by atoms with E-state index in [2.05, 4.69) is 5.32 Å². The predicted octanol–water partition coefficient (Wildman–Crippen LogP) is 3.33. The van der Waals surface area contributed by atoms with Crippen LogP contribution in [0.3, 0.4) is 0 Å². The highest BCUT2D eigenvalue weighted by atomic mass is 19.1. The van der Waals surface area contributed by atoms with Gasteiger partial charge in [0.15, 0.2) is 5.78 Å². The molecule has 1 amide bonds. The summed E-state index contributed by atoms with van der Waals surface area (Å²) in [6.45, 7) is 5.54. The summed E-state index contributed by atoms with van der Waals surface area (Å²) in [5.74, 6) is -0.862. The highest BCUT2D eigenvalue weighted by molar-refractivity contribution is 6.02. The Labute approximate surface area is 112 Å². The van der Waals surface area contributed by atoms with E-state index in [-0.39, 0.29) is 17.3 Å². The van der Waals surface area contributed by atoms with Crippen LogP contribution in [0.15, 0.2) is 12.1 Å². The van der Waals surface area contributed by atoms with Gasteiger partial charge >= 0.3 is 0 Å². The molecule has 0 aromatic heterocycles. The van der Waals surface area contributed by atoms with Crippen molar-refractivity contribution in [2.75, 3.05) is 5.32 Å². The van der Waals surface area contributed by atoms with E-state index in [1.807, 2.05) is 20.8 Å². The Morgan fingerprint density at radius 1 is 1.37 bits per heavy atom. The van der Waals surface area contributed by atoms with E-state index in [0.717, 1.165) is 5.56 Å². The lowest BCUT2D eigenvalue weighted by atomic mass is 9.81. The molecule has 0 radical (unpaired) electrons. The molecule has 0 bridgehead atoms. The number of benzene rings is 1. The van der Waals surface area contributed by atoms with Gasteiger partial charge in [-0.1, -0.05) is 20.8 Å². The molecule has 0 saturated heterocycles. The third-order valence-corrected chi connectivity index (χ3v) is 3.83. The lowest BCUT2D eigenvalue weighted by molar-refractivity contribution is -0.116. The molecule has 0 fully saturated rings. The Kier molecular flexibility index (Phi) is 3.43. The molecule has 0 aliphatic carbocycles. The van der Waals surface area contributed by atoms with Crippen LogP contribution in [0.2, 0.25) is 0 Å². The summed E-state index contributed by atoms with van der Waals surface area (Å²) in [6, 6.07) is 2.84. The van der Waals surface area contributed by atoms with Crippen LogP contribution >= 0.6 is 0 Å². The highest BCUT2D eigenvalue weighted by Gasteiger charge is 2.30. The maximum atomic E-state index is 14.0. The molecule has 0 atom stereocenters. The number of ketones is 1. The van der Waals surface area contributed by atoms with Gasteiger partial charge in [-0.3, -0.25) is 9.59 Å². The molecule has 1 aromatic carbocycles. The number of fused-ring (bicyclic) bond motifs is 1. The minimum Gasteiger partial charge on any atom is -0.326 e. The van der Waals surface area contributed by atoms with Gasteiger partial charge in [-0.25, -0.2) is 4.39 Å². The second-order valence-corrected chi connectivity index (χ2v) is 5.60. The number of aryl methyl sites for hydroxylation is 1. The third kappa shape index (κ3) is 2.53. The molecule has 0 unspecified atom stereocenters. The van der Waals surface area contributed by atoms with Crippen molar-refractivity contribution < 1.29 is 14.0 Å². The smallest absolute Gasteiger partial charge is 0.224 e. The number of halogens is 1. The molecular formula is C15H18FNO2. The van der Waals surface area contributed by atoms with Crippen LogP contribution in [-0.2, 0) is 11.2 Å². The van der Waals surface area contributed by atoms with E-state index in [1.165, 1.54) is 6.07 Å². The first-order chi connectivity index (χ1) is 8.85. The van der Waals surface area contributed by atoms with Gasteiger partial charge in [0.25, 0.3) is 0 Å². The highest BCUT2D eigenvalue weighted by Crippen LogP contribution is 2.31. The van der Waals surface area contributed by atoms with Gasteiger partial charge in [0.2, 0.25) is 5.91 Å². The van der Waals surface area contributed by atoms with E-state index in [9.17, 15) is 14.0 Å². The molecule has 1 heterocycles. The molecule has 4 heteroatoms. The summed E-state index contributed by atoms with van der Waals surface area (Å²) in [5.41, 5.74) is 0.866. The Bertz CT molecular complexity index is 549. The van der Waals surface area contributed by atoms with E-state index in [1.54, 1.807) is 6.07 Å². The number of Topliss-reactive ketones (excluding diaryl/α,β-unsaturated/α-hetero) is 1. The van der Waals surface area contributed by atoms with Gasteiger partial charge in [-0.15, -0.1) is 0 Å². The van der Waals surface area contributed by atoms with Crippen LogP contribution < -0.4 is 5.32 Å². The minimum atomic E-state index is -0.576. The van der Waals surface area contributed by atoms with Crippen LogP contribution in [0, 0.1) is 11.2 Å². The lowest BCUT2D eigenvalue weighted by Crippen LogP contribution is -2.26. The van der Waals surface area contributed by atoms with Crippen LogP contribution in [0.4, 0.5) is 10.1 Å². The molecule has 0 saturated carbocycles. The number of carbonyl (C=O) groups excluding carboxylic acids is 2. The van der Waals surface area contributed by atoms with Crippen molar-refractivity contribution >= 4 is 17.4 Å². The molecule has 102 valence electrons. The number of hydrogen-bond donors (Lipinski definition) is 1. The van der Waals surface area contributed by atoms with Gasteiger partial charge in [-0.2, -0.15) is 0 Å². The Morgan fingerprint density at radius 2 is 2.05 bits per heavy atom. The van der Waals surface area contributed by atoms with Crippen molar-refractivity contribution in [3.8, 4) is 0 Å². The second-order valence-electron chi connectivity index (χ2n) is 5.60. The largest absolute Gasteiger partial charge is 0.326 e. The predicted molar refractivity (Wildman–Crippen MR) is 71.8 cm³/mol. The van der Waals surface area contributed by atoms with Gasteiger partial charge in [0.05, 0.1) is 5.56 Å². The zero-order chi connectivity index (χ0) is 14.2. The number of rotatable bonds is 3. The summed E-state index contributed by atoms with van der Waals surface area (Å²) in [5, 5.41) is 2.63. The molecular weight excluding hydrogens is 245 g/mol. The Morgan fingerprint density at radius 3 is 2.68 bits per heavy atom. The van der Waals surface area contributed by atoms with Crippen LogP contribution in [0.5, 0.6) is 0 Å². The van der Waals surface area contributed by atoms with E-state index >= 15 is 0 Å². The van der Waals surface area contributed by atoms with E-state index in [0.29, 0.717) is 24.9 Å². The maximum Gasteiger partial charge on any atom is 0.224 e. The van der Waals surface area contributed by atoms with Crippen molar-refractivity contribution in [2.45, 2.75) is 40.0 Å². The molecule has 2 rings (SSSR count). The number of anilines is 1. The molecule has 0 spiro atoms.